The zero-order valence-corrected chi connectivity index (χ0v) is 11.4. The molecule has 1 aromatic rings. The lowest BCUT2D eigenvalue weighted by molar-refractivity contribution is 0.338. The van der Waals surface area contributed by atoms with Gasteiger partial charge in [-0.05, 0) is 55.5 Å². The van der Waals surface area contributed by atoms with Gasteiger partial charge >= 0.3 is 0 Å². The fourth-order valence-corrected chi connectivity index (χ4v) is 3.75. The fourth-order valence-electron chi connectivity index (χ4n) is 2.45. The Bertz CT molecular complexity index is 350. The van der Waals surface area contributed by atoms with Crippen LogP contribution in [-0.4, -0.2) is 25.2 Å². The molecule has 2 unspecified atom stereocenters. The Balaban J connectivity index is 2.14. The normalized spacial score (nSPS) is 21.4. The lowest BCUT2D eigenvalue weighted by atomic mass is 9.92. The van der Waals surface area contributed by atoms with Gasteiger partial charge in [-0.1, -0.05) is 12.1 Å². The van der Waals surface area contributed by atoms with E-state index in [0.717, 1.165) is 18.3 Å². The lowest BCUT2D eigenvalue weighted by Crippen LogP contribution is -2.25. The van der Waals surface area contributed by atoms with Gasteiger partial charge in [0.25, 0.3) is 0 Å². The van der Waals surface area contributed by atoms with E-state index < -0.39 is 0 Å². The van der Waals surface area contributed by atoms with Gasteiger partial charge in [0.15, 0.2) is 0 Å². The van der Waals surface area contributed by atoms with Crippen LogP contribution in [0.3, 0.4) is 0 Å². The summed E-state index contributed by atoms with van der Waals surface area (Å²) in [5.74, 6) is 4.30. The minimum absolute atomic E-state index is 0.463. The summed E-state index contributed by atoms with van der Waals surface area (Å²) in [5.41, 5.74) is 1.35. The molecule has 0 bridgehead atoms. The van der Waals surface area contributed by atoms with E-state index in [-0.39, 0.29) is 0 Å². The maximum absolute atomic E-state index is 5.57. The fraction of sp³-hybridized carbons (Fsp3) is 0.571. The van der Waals surface area contributed by atoms with Gasteiger partial charge in [-0.3, -0.25) is 0 Å². The summed E-state index contributed by atoms with van der Waals surface area (Å²) in [6.07, 6.45) is 1.31. The summed E-state index contributed by atoms with van der Waals surface area (Å²) in [6.45, 7) is 2.75. The molecular weight excluding hydrogens is 230 g/mol. The van der Waals surface area contributed by atoms with Crippen molar-refractivity contribution in [1.82, 2.24) is 5.32 Å². The summed E-state index contributed by atoms with van der Waals surface area (Å²) >= 11 is 2.06. The SMILES string of the molecule is CCOc1cccc(C(NC)C2CCSC2)c1. The third-order valence-electron chi connectivity index (χ3n) is 3.28. The highest BCUT2D eigenvalue weighted by Crippen LogP contribution is 2.34. The van der Waals surface area contributed by atoms with Crippen LogP contribution in [0.5, 0.6) is 5.75 Å². The summed E-state index contributed by atoms with van der Waals surface area (Å²) in [4.78, 5) is 0. The highest BCUT2D eigenvalue weighted by atomic mass is 32.2. The molecule has 0 amide bonds. The summed E-state index contributed by atoms with van der Waals surface area (Å²) in [7, 11) is 2.06. The quantitative estimate of drug-likeness (QED) is 0.869. The maximum Gasteiger partial charge on any atom is 0.119 e. The standard InChI is InChI=1S/C14H21NOS/c1-3-16-13-6-4-5-11(9-13)14(15-2)12-7-8-17-10-12/h4-6,9,12,14-15H,3,7-8,10H2,1-2H3. The van der Waals surface area contributed by atoms with E-state index in [1.54, 1.807) is 0 Å². The molecule has 0 aromatic heterocycles. The van der Waals surface area contributed by atoms with E-state index in [4.69, 9.17) is 4.74 Å². The predicted octanol–water partition coefficient (Wildman–Crippen LogP) is 3.10. The molecule has 1 saturated heterocycles. The number of ether oxygens (including phenoxy) is 1. The first-order valence-electron chi connectivity index (χ1n) is 6.33. The Morgan fingerprint density at radius 2 is 2.41 bits per heavy atom. The first-order chi connectivity index (χ1) is 8.35. The number of rotatable bonds is 5. The molecule has 2 nitrogen and oxygen atoms in total. The first kappa shape index (κ1) is 12.8. The molecule has 3 heteroatoms. The van der Waals surface area contributed by atoms with Gasteiger partial charge in [0.1, 0.15) is 5.75 Å². The molecule has 17 heavy (non-hydrogen) atoms. The molecule has 1 aromatic carbocycles. The van der Waals surface area contributed by atoms with Crippen molar-refractivity contribution in [3.8, 4) is 5.75 Å². The van der Waals surface area contributed by atoms with Crippen molar-refractivity contribution in [2.24, 2.45) is 5.92 Å². The monoisotopic (exact) mass is 251 g/mol. The summed E-state index contributed by atoms with van der Waals surface area (Å²) in [6, 6.07) is 8.96. The Labute approximate surface area is 108 Å². The van der Waals surface area contributed by atoms with Crippen molar-refractivity contribution in [1.29, 1.82) is 0 Å². The van der Waals surface area contributed by atoms with Gasteiger partial charge in [0.05, 0.1) is 6.61 Å². The van der Waals surface area contributed by atoms with E-state index in [1.165, 1.54) is 23.5 Å². The van der Waals surface area contributed by atoms with Crippen LogP contribution in [-0.2, 0) is 0 Å². The van der Waals surface area contributed by atoms with Crippen molar-refractivity contribution in [3.63, 3.8) is 0 Å². The molecule has 0 spiro atoms. The van der Waals surface area contributed by atoms with Crippen molar-refractivity contribution in [2.45, 2.75) is 19.4 Å². The molecule has 0 radical (unpaired) electrons. The van der Waals surface area contributed by atoms with Crippen LogP contribution in [0.1, 0.15) is 24.9 Å². The summed E-state index contributed by atoms with van der Waals surface area (Å²) < 4.78 is 5.57. The smallest absolute Gasteiger partial charge is 0.119 e. The maximum atomic E-state index is 5.57. The third kappa shape index (κ3) is 3.17. The van der Waals surface area contributed by atoms with Crippen LogP contribution in [0, 0.1) is 5.92 Å². The number of nitrogens with one attached hydrogen (secondary N) is 1. The average molecular weight is 251 g/mol. The second kappa shape index (κ2) is 6.31. The Morgan fingerprint density at radius 1 is 1.53 bits per heavy atom. The molecule has 1 heterocycles. The second-order valence-electron chi connectivity index (χ2n) is 4.40. The molecule has 1 N–H and O–H groups in total. The molecule has 2 rings (SSSR count). The molecule has 94 valence electrons. The Morgan fingerprint density at radius 3 is 3.06 bits per heavy atom. The average Bonchev–Trinajstić information content (AvgIpc) is 2.85. The minimum Gasteiger partial charge on any atom is -0.494 e. The first-order valence-corrected chi connectivity index (χ1v) is 7.48. The third-order valence-corrected chi connectivity index (χ3v) is 4.46. The largest absolute Gasteiger partial charge is 0.494 e. The van der Waals surface area contributed by atoms with Crippen molar-refractivity contribution < 1.29 is 4.74 Å². The van der Waals surface area contributed by atoms with E-state index in [1.807, 2.05) is 13.0 Å². The molecule has 1 aliphatic rings. The molecular formula is C14H21NOS. The number of thioether (sulfide) groups is 1. The van der Waals surface area contributed by atoms with E-state index in [9.17, 15) is 0 Å². The van der Waals surface area contributed by atoms with Gasteiger partial charge in [0, 0.05) is 6.04 Å². The van der Waals surface area contributed by atoms with Gasteiger partial charge in [-0.2, -0.15) is 11.8 Å². The molecule has 1 fully saturated rings. The zero-order chi connectivity index (χ0) is 12.1. The topological polar surface area (TPSA) is 21.3 Å². The second-order valence-corrected chi connectivity index (χ2v) is 5.55. The van der Waals surface area contributed by atoms with Crippen molar-refractivity contribution in [2.75, 3.05) is 25.2 Å². The van der Waals surface area contributed by atoms with Gasteiger partial charge in [0.2, 0.25) is 0 Å². The van der Waals surface area contributed by atoms with E-state index in [0.29, 0.717) is 6.04 Å². The van der Waals surface area contributed by atoms with Gasteiger partial charge in [-0.15, -0.1) is 0 Å². The van der Waals surface area contributed by atoms with E-state index in [2.05, 4.69) is 42.3 Å². The number of benzene rings is 1. The van der Waals surface area contributed by atoms with Crippen molar-refractivity contribution in [3.05, 3.63) is 29.8 Å². The highest BCUT2D eigenvalue weighted by molar-refractivity contribution is 7.99. The Hall–Kier alpha value is -0.670. The number of hydrogen-bond acceptors (Lipinski definition) is 3. The zero-order valence-electron chi connectivity index (χ0n) is 10.6. The molecule has 2 atom stereocenters. The summed E-state index contributed by atoms with van der Waals surface area (Å²) in [5, 5.41) is 3.46. The van der Waals surface area contributed by atoms with Crippen LogP contribution in [0.4, 0.5) is 0 Å². The lowest BCUT2D eigenvalue weighted by Gasteiger charge is -2.23. The van der Waals surface area contributed by atoms with E-state index >= 15 is 0 Å². The van der Waals surface area contributed by atoms with Gasteiger partial charge < -0.3 is 10.1 Å². The van der Waals surface area contributed by atoms with Crippen LogP contribution < -0.4 is 10.1 Å². The minimum atomic E-state index is 0.463. The number of hydrogen-bond donors (Lipinski definition) is 1. The molecule has 0 saturated carbocycles. The van der Waals surface area contributed by atoms with Crippen LogP contribution in [0.15, 0.2) is 24.3 Å². The Kier molecular flexibility index (Phi) is 4.75. The molecule has 0 aliphatic carbocycles. The predicted molar refractivity (Wildman–Crippen MR) is 74.8 cm³/mol. The molecule has 1 aliphatic heterocycles. The van der Waals surface area contributed by atoms with Crippen molar-refractivity contribution >= 4 is 11.8 Å². The van der Waals surface area contributed by atoms with Crippen LogP contribution in [0.2, 0.25) is 0 Å². The highest BCUT2D eigenvalue weighted by Gasteiger charge is 2.25. The van der Waals surface area contributed by atoms with Crippen LogP contribution >= 0.6 is 11.8 Å². The van der Waals surface area contributed by atoms with Gasteiger partial charge in [-0.25, -0.2) is 0 Å². The van der Waals surface area contributed by atoms with Crippen LogP contribution in [0.25, 0.3) is 0 Å².